The van der Waals surface area contributed by atoms with Gasteiger partial charge in [-0.25, -0.2) is 9.78 Å². The van der Waals surface area contributed by atoms with Gasteiger partial charge in [-0.05, 0) is 12.8 Å². The highest BCUT2D eigenvalue weighted by atomic mass is 16.5. The fourth-order valence-electron chi connectivity index (χ4n) is 2.87. The number of carboxylic acids is 1. The van der Waals surface area contributed by atoms with E-state index in [-0.39, 0.29) is 5.56 Å². The third-order valence-corrected chi connectivity index (χ3v) is 4.08. The van der Waals surface area contributed by atoms with Crippen molar-refractivity contribution in [2.45, 2.75) is 18.9 Å². The molecule has 0 saturated carbocycles. The van der Waals surface area contributed by atoms with E-state index in [1.54, 1.807) is 0 Å². The van der Waals surface area contributed by atoms with Crippen LogP contribution in [-0.4, -0.2) is 42.4 Å². The van der Waals surface area contributed by atoms with Gasteiger partial charge in [-0.3, -0.25) is 0 Å². The van der Waals surface area contributed by atoms with Gasteiger partial charge in [-0.2, -0.15) is 0 Å². The van der Waals surface area contributed by atoms with Crippen LogP contribution in [-0.2, 0) is 4.74 Å². The van der Waals surface area contributed by atoms with Crippen LogP contribution in [0.25, 0.3) is 10.8 Å². The van der Waals surface area contributed by atoms with Gasteiger partial charge in [0.25, 0.3) is 0 Å². The zero-order valence-corrected chi connectivity index (χ0v) is 12.0. The van der Waals surface area contributed by atoms with E-state index in [1.807, 2.05) is 31.3 Å². The number of hydrogen-bond donors (Lipinski definition) is 1. The molecule has 0 unspecified atom stereocenters. The molecule has 0 radical (unpaired) electrons. The lowest BCUT2D eigenvalue weighted by Gasteiger charge is -2.32. The maximum absolute atomic E-state index is 11.3. The summed E-state index contributed by atoms with van der Waals surface area (Å²) in [7, 11) is 2.02. The number of hydrogen-bond acceptors (Lipinski definition) is 4. The summed E-state index contributed by atoms with van der Waals surface area (Å²) in [5, 5.41) is 10.9. The van der Waals surface area contributed by atoms with Gasteiger partial charge in [0.15, 0.2) is 0 Å². The van der Waals surface area contributed by atoms with E-state index < -0.39 is 5.97 Å². The second kappa shape index (κ2) is 5.69. The molecule has 21 heavy (non-hydrogen) atoms. The molecule has 0 aliphatic carbocycles. The summed E-state index contributed by atoms with van der Waals surface area (Å²) in [6.07, 6.45) is 3.39. The molecule has 1 N–H and O–H groups in total. The lowest BCUT2D eigenvalue weighted by atomic mass is 10.0. The zero-order valence-electron chi connectivity index (χ0n) is 12.0. The summed E-state index contributed by atoms with van der Waals surface area (Å²) < 4.78 is 5.40. The molecule has 3 rings (SSSR count). The van der Waals surface area contributed by atoms with Crippen molar-refractivity contribution in [3.05, 3.63) is 36.0 Å². The van der Waals surface area contributed by atoms with Crippen molar-refractivity contribution in [2.24, 2.45) is 0 Å². The molecule has 110 valence electrons. The Morgan fingerprint density at radius 3 is 2.62 bits per heavy atom. The molecule has 1 aliphatic heterocycles. The van der Waals surface area contributed by atoms with Crippen LogP contribution in [0.15, 0.2) is 30.5 Å². The maximum Gasteiger partial charge on any atom is 0.337 e. The Hall–Kier alpha value is -2.14. The normalized spacial score (nSPS) is 16.0. The highest BCUT2D eigenvalue weighted by Crippen LogP contribution is 2.29. The minimum atomic E-state index is -0.945. The standard InChI is InChI=1S/C16H18N2O3/c1-18(11-6-8-21-9-7-11)15-13-5-3-2-4-12(13)14(10-17-15)16(19)20/h2-5,10-11H,6-9H2,1H3,(H,19,20). The van der Waals surface area contributed by atoms with E-state index in [2.05, 4.69) is 9.88 Å². The van der Waals surface area contributed by atoms with Crippen LogP contribution in [0.2, 0.25) is 0 Å². The third kappa shape index (κ3) is 2.56. The Balaban J connectivity index is 2.06. The van der Waals surface area contributed by atoms with Crippen molar-refractivity contribution < 1.29 is 14.6 Å². The predicted molar refractivity (Wildman–Crippen MR) is 80.9 cm³/mol. The van der Waals surface area contributed by atoms with Crippen molar-refractivity contribution in [2.75, 3.05) is 25.2 Å². The van der Waals surface area contributed by atoms with Crippen molar-refractivity contribution >= 4 is 22.6 Å². The number of carbonyl (C=O) groups is 1. The van der Waals surface area contributed by atoms with Crippen LogP contribution in [0, 0.1) is 0 Å². The molecule has 0 spiro atoms. The first-order valence-electron chi connectivity index (χ1n) is 7.10. The van der Waals surface area contributed by atoms with E-state index in [0.29, 0.717) is 6.04 Å². The van der Waals surface area contributed by atoms with E-state index >= 15 is 0 Å². The number of nitrogens with zero attached hydrogens (tertiary/aromatic N) is 2. The Bertz CT molecular complexity index is 666. The minimum absolute atomic E-state index is 0.245. The summed E-state index contributed by atoms with van der Waals surface area (Å²) >= 11 is 0. The fraction of sp³-hybridized carbons (Fsp3) is 0.375. The monoisotopic (exact) mass is 286 g/mol. The van der Waals surface area contributed by atoms with Crippen LogP contribution in [0.3, 0.4) is 0 Å². The Kier molecular flexibility index (Phi) is 3.75. The van der Waals surface area contributed by atoms with Crippen LogP contribution in [0.4, 0.5) is 5.82 Å². The average Bonchev–Trinajstić information content (AvgIpc) is 2.54. The molecule has 1 aromatic heterocycles. The quantitative estimate of drug-likeness (QED) is 0.939. The van der Waals surface area contributed by atoms with Gasteiger partial charge in [-0.15, -0.1) is 0 Å². The SMILES string of the molecule is CN(c1ncc(C(=O)O)c2ccccc12)C1CCOCC1. The number of aromatic nitrogens is 1. The maximum atomic E-state index is 11.3. The largest absolute Gasteiger partial charge is 0.478 e. The van der Waals surface area contributed by atoms with E-state index in [0.717, 1.165) is 42.6 Å². The summed E-state index contributed by atoms with van der Waals surface area (Å²) in [6.45, 7) is 1.53. The molecule has 5 heteroatoms. The summed E-state index contributed by atoms with van der Waals surface area (Å²) in [5.41, 5.74) is 0.245. The van der Waals surface area contributed by atoms with E-state index in [9.17, 15) is 9.90 Å². The average molecular weight is 286 g/mol. The van der Waals surface area contributed by atoms with E-state index in [4.69, 9.17) is 4.74 Å². The highest BCUT2D eigenvalue weighted by molar-refractivity contribution is 6.06. The third-order valence-electron chi connectivity index (χ3n) is 4.08. The molecule has 1 saturated heterocycles. The first-order chi connectivity index (χ1) is 10.2. The first-order valence-corrected chi connectivity index (χ1v) is 7.10. The molecule has 0 bridgehead atoms. The lowest BCUT2D eigenvalue weighted by molar-refractivity contribution is 0.0698. The van der Waals surface area contributed by atoms with Gasteiger partial charge in [0.1, 0.15) is 5.82 Å². The predicted octanol–water partition coefficient (Wildman–Crippen LogP) is 2.55. The number of fused-ring (bicyclic) bond motifs is 1. The van der Waals surface area contributed by atoms with Crippen molar-refractivity contribution in [3.8, 4) is 0 Å². The Labute approximate surface area is 123 Å². The Morgan fingerprint density at radius 2 is 1.95 bits per heavy atom. The fourth-order valence-corrected chi connectivity index (χ4v) is 2.87. The number of ether oxygens (including phenoxy) is 1. The van der Waals surface area contributed by atoms with Gasteiger partial charge in [-0.1, -0.05) is 24.3 Å². The molecule has 0 atom stereocenters. The molecule has 1 aliphatic rings. The smallest absolute Gasteiger partial charge is 0.337 e. The van der Waals surface area contributed by atoms with Crippen molar-refractivity contribution in [1.29, 1.82) is 0 Å². The minimum Gasteiger partial charge on any atom is -0.478 e. The van der Waals surface area contributed by atoms with Crippen LogP contribution in [0.5, 0.6) is 0 Å². The lowest BCUT2D eigenvalue weighted by Crippen LogP contribution is -2.37. The summed E-state index contributed by atoms with van der Waals surface area (Å²) in [4.78, 5) is 17.9. The van der Waals surface area contributed by atoms with Gasteiger partial charge in [0.05, 0.1) is 5.56 Å². The molecule has 0 amide bonds. The molecule has 5 nitrogen and oxygen atoms in total. The molecule has 2 aromatic rings. The number of aromatic carboxylic acids is 1. The second-order valence-electron chi connectivity index (χ2n) is 5.30. The van der Waals surface area contributed by atoms with Gasteiger partial charge >= 0.3 is 5.97 Å². The van der Waals surface area contributed by atoms with Crippen LogP contribution in [0.1, 0.15) is 23.2 Å². The van der Waals surface area contributed by atoms with E-state index in [1.165, 1.54) is 6.20 Å². The number of rotatable bonds is 3. The van der Waals surface area contributed by atoms with Crippen LogP contribution >= 0.6 is 0 Å². The molecule has 2 heterocycles. The number of pyridine rings is 1. The van der Waals surface area contributed by atoms with Gasteiger partial charge < -0.3 is 14.7 Å². The summed E-state index contributed by atoms with van der Waals surface area (Å²) in [5.74, 6) is -0.110. The second-order valence-corrected chi connectivity index (χ2v) is 5.30. The number of anilines is 1. The molecule has 1 aromatic carbocycles. The van der Waals surface area contributed by atoms with Crippen LogP contribution < -0.4 is 4.90 Å². The topological polar surface area (TPSA) is 62.7 Å². The highest BCUT2D eigenvalue weighted by Gasteiger charge is 2.22. The Morgan fingerprint density at radius 1 is 1.29 bits per heavy atom. The van der Waals surface area contributed by atoms with Crippen molar-refractivity contribution in [1.82, 2.24) is 4.98 Å². The molecular formula is C16H18N2O3. The number of benzene rings is 1. The molecular weight excluding hydrogens is 268 g/mol. The summed E-state index contributed by atoms with van der Waals surface area (Å²) in [6, 6.07) is 7.91. The molecule has 1 fully saturated rings. The van der Waals surface area contributed by atoms with Crippen molar-refractivity contribution in [3.63, 3.8) is 0 Å². The van der Waals surface area contributed by atoms with Gasteiger partial charge in [0.2, 0.25) is 0 Å². The van der Waals surface area contributed by atoms with Gasteiger partial charge in [0, 0.05) is 43.3 Å². The first kappa shape index (κ1) is 13.8. The zero-order chi connectivity index (χ0) is 14.8. The number of carboxylic acid groups (broad SMARTS) is 1.